The SMILES string of the molecule is Cc1cc(C(F)(F)F)ccc1-c1cc2ccn(C(CC(C)C)c3ccc(C(=O)NCCC(=O)O)cc3)c2cc1C(F)(F)F. The number of nitrogens with zero attached hydrogens (tertiary/aromatic N) is 1. The zero-order valence-corrected chi connectivity index (χ0v) is 23.6. The minimum absolute atomic E-state index is 0.0310. The van der Waals surface area contributed by atoms with Gasteiger partial charge >= 0.3 is 18.3 Å². The molecule has 5 nitrogen and oxygen atoms in total. The molecule has 11 heteroatoms. The van der Waals surface area contributed by atoms with Crippen molar-refractivity contribution in [2.45, 2.75) is 52.0 Å². The summed E-state index contributed by atoms with van der Waals surface area (Å²) < 4.78 is 84.6. The van der Waals surface area contributed by atoms with Gasteiger partial charge in [0.2, 0.25) is 0 Å². The highest BCUT2D eigenvalue weighted by molar-refractivity contribution is 5.94. The minimum Gasteiger partial charge on any atom is -0.481 e. The second-order valence-corrected chi connectivity index (χ2v) is 10.9. The fraction of sp³-hybridized carbons (Fsp3) is 0.312. The van der Waals surface area contributed by atoms with E-state index in [2.05, 4.69) is 5.32 Å². The average molecular weight is 605 g/mol. The third kappa shape index (κ3) is 7.21. The maximum Gasteiger partial charge on any atom is 0.417 e. The number of aliphatic carboxylic acids is 1. The van der Waals surface area contributed by atoms with Crippen molar-refractivity contribution in [2.75, 3.05) is 6.54 Å². The second-order valence-electron chi connectivity index (χ2n) is 10.9. The number of carboxylic acids is 1. The number of fused-ring (bicyclic) bond motifs is 1. The maximum atomic E-state index is 14.4. The Balaban J connectivity index is 1.77. The highest BCUT2D eigenvalue weighted by atomic mass is 19.4. The van der Waals surface area contributed by atoms with E-state index in [4.69, 9.17) is 5.11 Å². The molecule has 0 radical (unpaired) electrons. The highest BCUT2D eigenvalue weighted by Gasteiger charge is 2.36. The molecule has 1 atom stereocenters. The average Bonchev–Trinajstić information content (AvgIpc) is 3.32. The van der Waals surface area contributed by atoms with Crippen LogP contribution in [-0.4, -0.2) is 28.1 Å². The third-order valence-corrected chi connectivity index (χ3v) is 7.22. The summed E-state index contributed by atoms with van der Waals surface area (Å²) >= 11 is 0. The molecule has 0 saturated carbocycles. The fourth-order valence-electron chi connectivity index (χ4n) is 5.17. The Morgan fingerprint density at radius 2 is 1.56 bits per heavy atom. The van der Waals surface area contributed by atoms with Gasteiger partial charge in [0.25, 0.3) is 5.91 Å². The molecule has 0 aliphatic carbocycles. The lowest BCUT2D eigenvalue weighted by molar-refractivity contribution is -0.138. The number of hydrogen-bond acceptors (Lipinski definition) is 2. The van der Waals surface area contributed by atoms with Gasteiger partial charge in [-0.1, -0.05) is 32.0 Å². The maximum absolute atomic E-state index is 14.4. The molecule has 1 amide bonds. The summed E-state index contributed by atoms with van der Waals surface area (Å²) in [4.78, 5) is 23.1. The first kappa shape index (κ1) is 31.7. The molecular weight excluding hydrogens is 574 g/mol. The lowest BCUT2D eigenvalue weighted by atomic mass is 9.92. The van der Waals surface area contributed by atoms with Gasteiger partial charge in [0.1, 0.15) is 0 Å². The van der Waals surface area contributed by atoms with E-state index in [0.717, 1.165) is 29.8 Å². The zero-order chi connectivity index (χ0) is 31.7. The van der Waals surface area contributed by atoms with E-state index >= 15 is 0 Å². The normalized spacial score (nSPS) is 13.0. The number of aryl methyl sites for hydroxylation is 1. The van der Waals surface area contributed by atoms with Gasteiger partial charge in [-0.05, 0) is 84.0 Å². The number of alkyl halides is 6. The Morgan fingerprint density at radius 3 is 2.12 bits per heavy atom. The number of benzene rings is 3. The molecule has 0 bridgehead atoms. The van der Waals surface area contributed by atoms with E-state index in [1.807, 2.05) is 13.8 Å². The monoisotopic (exact) mass is 604 g/mol. The molecule has 43 heavy (non-hydrogen) atoms. The molecule has 0 fully saturated rings. The predicted octanol–water partition coefficient (Wildman–Crippen LogP) is 8.49. The lowest BCUT2D eigenvalue weighted by Gasteiger charge is -2.24. The second kappa shape index (κ2) is 12.1. The molecule has 3 aromatic carbocycles. The van der Waals surface area contributed by atoms with Gasteiger partial charge in [0.15, 0.2) is 0 Å². The van der Waals surface area contributed by atoms with Gasteiger partial charge in [0.05, 0.1) is 23.6 Å². The van der Waals surface area contributed by atoms with Crippen LogP contribution in [0.2, 0.25) is 0 Å². The van der Waals surface area contributed by atoms with Gasteiger partial charge in [0, 0.05) is 29.2 Å². The summed E-state index contributed by atoms with van der Waals surface area (Å²) in [5, 5.41) is 11.8. The number of carbonyl (C=O) groups excluding carboxylic acids is 1. The van der Waals surface area contributed by atoms with E-state index in [-0.39, 0.29) is 41.6 Å². The van der Waals surface area contributed by atoms with Crippen molar-refractivity contribution >= 4 is 22.8 Å². The van der Waals surface area contributed by atoms with Crippen LogP contribution in [0.5, 0.6) is 0 Å². The van der Waals surface area contributed by atoms with E-state index in [1.165, 1.54) is 13.0 Å². The molecule has 0 spiro atoms. The standard InChI is InChI=1S/C32H30F6N2O3/c1-18(2)14-27(20-4-6-21(7-5-20)30(43)39-12-10-29(41)42)40-13-11-22-16-25(26(17-28(22)40)32(36,37)38)24-9-8-23(15-19(24)3)31(33,34)35/h4-9,11,13,15-18,27H,10,12,14H2,1-3H3,(H,39,43)(H,41,42). The Bertz CT molecular complexity index is 1640. The van der Waals surface area contributed by atoms with Gasteiger partial charge in [-0.3, -0.25) is 9.59 Å². The van der Waals surface area contributed by atoms with Crippen molar-refractivity contribution in [2.24, 2.45) is 5.92 Å². The van der Waals surface area contributed by atoms with E-state index in [0.29, 0.717) is 22.9 Å². The van der Waals surface area contributed by atoms with Gasteiger partial charge < -0.3 is 15.0 Å². The quantitative estimate of drug-likeness (QED) is 0.188. The van der Waals surface area contributed by atoms with Crippen molar-refractivity contribution in [1.82, 2.24) is 9.88 Å². The first-order valence-corrected chi connectivity index (χ1v) is 13.6. The van der Waals surface area contributed by atoms with Crippen molar-refractivity contribution in [3.63, 3.8) is 0 Å². The largest absolute Gasteiger partial charge is 0.481 e. The lowest BCUT2D eigenvalue weighted by Crippen LogP contribution is -2.26. The molecule has 4 rings (SSSR count). The number of nitrogens with one attached hydrogen (secondary N) is 1. The molecule has 0 aliphatic rings. The number of amides is 1. The van der Waals surface area contributed by atoms with Crippen LogP contribution in [0.15, 0.2) is 66.9 Å². The van der Waals surface area contributed by atoms with Crippen molar-refractivity contribution in [3.8, 4) is 11.1 Å². The Hall–Kier alpha value is -4.28. The molecule has 1 aromatic heterocycles. The van der Waals surface area contributed by atoms with E-state index in [9.17, 15) is 35.9 Å². The third-order valence-electron chi connectivity index (χ3n) is 7.22. The molecule has 1 unspecified atom stereocenters. The smallest absolute Gasteiger partial charge is 0.417 e. The first-order chi connectivity index (χ1) is 20.1. The molecular formula is C32H30F6N2O3. The summed E-state index contributed by atoms with van der Waals surface area (Å²) in [7, 11) is 0. The van der Waals surface area contributed by atoms with Crippen molar-refractivity contribution in [3.05, 3.63) is 94.7 Å². The zero-order valence-electron chi connectivity index (χ0n) is 23.6. The molecule has 1 heterocycles. The van der Waals surface area contributed by atoms with Gasteiger partial charge in [-0.25, -0.2) is 0 Å². The van der Waals surface area contributed by atoms with Crippen molar-refractivity contribution in [1.29, 1.82) is 0 Å². The summed E-state index contributed by atoms with van der Waals surface area (Å²) in [6.07, 6.45) is -7.37. The van der Waals surface area contributed by atoms with E-state index < -0.39 is 35.4 Å². The fourth-order valence-corrected chi connectivity index (χ4v) is 5.17. The molecule has 2 N–H and O–H groups in total. The Kier molecular flexibility index (Phi) is 8.94. The number of rotatable bonds is 9. The summed E-state index contributed by atoms with van der Waals surface area (Å²) in [6, 6.07) is 13.0. The van der Waals surface area contributed by atoms with Gasteiger partial charge in [-0.2, -0.15) is 26.3 Å². The van der Waals surface area contributed by atoms with Crippen LogP contribution >= 0.6 is 0 Å². The number of carboxylic acid groups (broad SMARTS) is 1. The number of halogens is 6. The molecule has 0 aliphatic heterocycles. The Morgan fingerprint density at radius 1 is 0.884 bits per heavy atom. The summed E-state index contributed by atoms with van der Waals surface area (Å²) in [5.74, 6) is -1.33. The van der Waals surface area contributed by atoms with Crippen LogP contribution in [0.4, 0.5) is 26.3 Å². The molecule has 0 saturated heterocycles. The van der Waals surface area contributed by atoms with Crippen molar-refractivity contribution < 1.29 is 41.0 Å². The Labute approximate surface area is 244 Å². The summed E-state index contributed by atoms with van der Waals surface area (Å²) in [6.45, 7) is 5.29. The summed E-state index contributed by atoms with van der Waals surface area (Å²) in [5.41, 5.74) is -0.594. The minimum atomic E-state index is -4.78. The van der Waals surface area contributed by atoms with Crippen LogP contribution in [-0.2, 0) is 17.1 Å². The van der Waals surface area contributed by atoms with Gasteiger partial charge in [-0.15, -0.1) is 0 Å². The van der Waals surface area contributed by atoms with Crippen LogP contribution < -0.4 is 5.32 Å². The molecule has 228 valence electrons. The number of aromatic nitrogens is 1. The topological polar surface area (TPSA) is 71.3 Å². The van der Waals surface area contributed by atoms with Crippen LogP contribution in [0.3, 0.4) is 0 Å². The number of hydrogen-bond donors (Lipinski definition) is 2. The highest BCUT2D eigenvalue weighted by Crippen LogP contribution is 2.43. The van der Waals surface area contributed by atoms with Crippen LogP contribution in [0.25, 0.3) is 22.0 Å². The molecule has 4 aromatic rings. The predicted molar refractivity (Wildman–Crippen MR) is 151 cm³/mol. The first-order valence-electron chi connectivity index (χ1n) is 13.6. The van der Waals surface area contributed by atoms with E-state index in [1.54, 1.807) is 41.1 Å². The van der Waals surface area contributed by atoms with Crippen LogP contribution in [0, 0.1) is 12.8 Å². The van der Waals surface area contributed by atoms with Crippen LogP contribution in [0.1, 0.15) is 65.3 Å². The number of carbonyl (C=O) groups is 2.